The summed E-state index contributed by atoms with van der Waals surface area (Å²) in [6.07, 6.45) is -17.6. The van der Waals surface area contributed by atoms with Crippen molar-refractivity contribution >= 4 is 0 Å². The molecule has 0 N–H and O–H groups in total. The Morgan fingerprint density at radius 1 is 0.333 bits per heavy atom. The van der Waals surface area contributed by atoms with Crippen LogP contribution in [0.1, 0.15) is 19.8 Å². The molecule has 0 nitrogen and oxygen atoms in total. The first-order valence-corrected chi connectivity index (χ1v) is 9.70. The van der Waals surface area contributed by atoms with Gasteiger partial charge < -0.3 is 0 Å². The van der Waals surface area contributed by atoms with Crippen molar-refractivity contribution in [2.45, 2.75) is 91.1 Å². The Hall–Kier alpha value is -2.01. The van der Waals surface area contributed by atoms with E-state index in [9.17, 15) is 110 Å². The fraction of sp³-hybridized carbons (Fsp3) is 0.882. The van der Waals surface area contributed by atoms with Crippen molar-refractivity contribution in [2.75, 3.05) is 0 Å². The molecule has 0 fully saturated rings. The highest BCUT2D eigenvalue weighted by Crippen LogP contribution is 2.63. The lowest BCUT2D eigenvalue weighted by Gasteiger charge is -2.41. The molecular weight excluding hydrogens is 679 g/mol. The molecule has 0 radical (unpaired) electrons. The Morgan fingerprint density at radius 3 is 0.810 bits per heavy atom. The first kappa shape index (κ1) is 40.0. The second-order valence-electron chi connectivity index (χ2n) is 8.13. The molecule has 252 valence electrons. The quantitative estimate of drug-likeness (QED) is 0.134. The number of alkyl halides is 25. The molecule has 0 aliphatic heterocycles. The average Bonchev–Trinajstić information content (AvgIpc) is 2.75. The van der Waals surface area contributed by atoms with Gasteiger partial charge in [0.15, 0.2) is 0 Å². The van der Waals surface area contributed by atoms with Gasteiger partial charge in [-0.25, -0.2) is 0 Å². The summed E-state index contributed by atoms with van der Waals surface area (Å²) in [5.41, 5.74) is 0. The first-order valence-electron chi connectivity index (χ1n) is 9.70. The molecule has 0 amide bonds. The Kier molecular flexibility index (Phi) is 9.79. The van der Waals surface area contributed by atoms with Crippen LogP contribution in [0.3, 0.4) is 0 Å². The second-order valence-corrected chi connectivity index (χ2v) is 8.13. The molecule has 0 aromatic carbocycles. The van der Waals surface area contributed by atoms with Crippen molar-refractivity contribution in [2.24, 2.45) is 0 Å². The lowest BCUT2D eigenvalue weighted by Crippen LogP contribution is -2.70. The molecule has 0 saturated heterocycles. The lowest BCUT2D eigenvalue weighted by molar-refractivity contribution is -0.436. The minimum atomic E-state index is -8.70. The molecule has 0 saturated carbocycles. The Morgan fingerprint density at radius 2 is 0.571 bits per heavy atom. The minimum absolute atomic E-state index is 0.493. The van der Waals surface area contributed by atoms with Crippen molar-refractivity contribution in [3.63, 3.8) is 0 Å². The molecule has 0 aromatic rings. The summed E-state index contributed by atoms with van der Waals surface area (Å²) in [6, 6.07) is 0. The van der Waals surface area contributed by atoms with E-state index in [-0.39, 0.29) is 0 Å². The fourth-order valence-electron chi connectivity index (χ4n) is 2.50. The zero-order chi connectivity index (χ0) is 34.8. The summed E-state index contributed by atoms with van der Waals surface area (Å²) < 4.78 is 330. The van der Waals surface area contributed by atoms with Crippen LogP contribution in [0.2, 0.25) is 0 Å². The number of hydrogen-bond acceptors (Lipinski definition) is 0. The highest BCUT2D eigenvalue weighted by atomic mass is 19.4. The van der Waals surface area contributed by atoms with E-state index in [1.54, 1.807) is 0 Å². The Bertz CT molecular complexity index is 979. The van der Waals surface area contributed by atoms with Crippen LogP contribution in [0.4, 0.5) is 110 Å². The van der Waals surface area contributed by atoms with Gasteiger partial charge >= 0.3 is 71.3 Å². The predicted molar refractivity (Wildman–Crippen MR) is 84.5 cm³/mol. The van der Waals surface area contributed by atoms with E-state index in [2.05, 4.69) is 0 Å². The van der Waals surface area contributed by atoms with Crippen molar-refractivity contribution in [1.29, 1.82) is 0 Å². The smallest absolute Gasteiger partial charge is 0.200 e. The third kappa shape index (κ3) is 5.30. The van der Waals surface area contributed by atoms with E-state index in [1.807, 2.05) is 0 Å². The van der Waals surface area contributed by atoms with Gasteiger partial charge in [-0.2, -0.15) is 110 Å². The van der Waals surface area contributed by atoms with Gasteiger partial charge in [0.25, 0.3) is 0 Å². The molecule has 0 unspecified atom stereocenters. The molecule has 0 aliphatic carbocycles. The van der Waals surface area contributed by atoms with Gasteiger partial charge in [0.2, 0.25) is 0 Å². The van der Waals surface area contributed by atoms with Crippen LogP contribution in [0.25, 0.3) is 0 Å². The SMILES string of the molecule is CCCC(F)(F)C(F)(F)C(F)(F)C(F)(F)C(F)(F)C(F)(F)/C=C/C(F)(F)C(F)(F)C(F)(F)C(F)(F)C(F)(F)C(F)(F)F. The predicted octanol–water partition coefficient (Wildman–Crippen LogP) is 9.89. The Balaban J connectivity index is 6.91. The van der Waals surface area contributed by atoms with Gasteiger partial charge in [-0.1, -0.05) is 13.3 Å². The zero-order valence-corrected chi connectivity index (χ0v) is 19.0. The topological polar surface area (TPSA) is 0 Å². The molecule has 0 aromatic heterocycles. The molecule has 0 bridgehead atoms. The van der Waals surface area contributed by atoms with Crippen LogP contribution < -0.4 is 0 Å². The third-order valence-corrected chi connectivity index (χ3v) is 5.08. The van der Waals surface area contributed by atoms with Crippen molar-refractivity contribution in [3.8, 4) is 0 Å². The summed E-state index contributed by atoms with van der Waals surface area (Å²) in [6.45, 7) is 0.493. The summed E-state index contributed by atoms with van der Waals surface area (Å²) in [7, 11) is 0. The monoisotopic (exact) mass is 688 g/mol. The number of allylic oxidation sites excluding steroid dienone is 2. The van der Waals surface area contributed by atoms with Crippen LogP contribution in [0.15, 0.2) is 12.2 Å². The van der Waals surface area contributed by atoms with E-state index in [1.165, 1.54) is 0 Å². The maximum absolute atomic E-state index is 13.6. The fourth-order valence-corrected chi connectivity index (χ4v) is 2.50. The van der Waals surface area contributed by atoms with Crippen molar-refractivity contribution in [1.82, 2.24) is 0 Å². The van der Waals surface area contributed by atoms with Crippen LogP contribution in [0, 0.1) is 0 Å². The maximum Gasteiger partial charge on any atom is 0.460 e. The average molecular weight is 688 g/mol. The van der Waals surface area contributed by atoms with Crippen LogP contribution in [-0.2, 0) is 0 Å². The Labute approximate surface area is 214 Å². The molecule has 25 heteroatoms. The van der Waals surface area contributed by atoms with E-state index in [0.29, 0.717) is 6.92 Å². The van der Waals surface area contributed by atoms with Gasteiger partial charge in [-0.15, -0.1) is 0 Å². The molecule has 0 heterocycles. The van der Waals surface area contributed by atoms with Crippen LogP contribution >= 0.6 is 0 Å². The van der Waals surface area contributed by atoms with Crippen molar-refractivity contribution < 1.29 is 110 Å². The maximum atomic E-state index is 13.6. The van der Waals surface area contributed by atoms with E-state index < -0.39 is 96.3 Å². The molecule has 42 heavy (non-hydrogen) atoms. The third-order valence-electron chi connectivity index (χ3n) is 5.08. The standard InChI is InChI=1S/C17H9F25/c1-2-3-6(18,19)9(24,25)12(30,31)13(32,33)10(26,27)7(20,21)4-5-8(22,23)11(28,29)14(34,35)15(36,37)16(38,39)17(40,41)42/h4-5H,2-3H2,1H3/b5-4+. The first-order chi connectivity index (χ1) is 17.8. The summed E-state index contributed by atoms with van der Waals surface area (Å²) in [4.78, 5) is 0. The molecular formula is C17H9F25. The summed E-state index contributed by atoms with van der Waals surface area (Å²) in [5, 5.41) is 0. The van der Waals surface area contributed by atoms with Gasteiger partial charge in [-0.3, -0.25) is 0 Å². The van der Waals surface area contributed by atoms with Crippen LogP contribution in [0.5, 0.6) is 0 Å². The summed E-state index contributed by atoms with van der Waals surface area (Å²) >= 11 is 0. The number of rotatable bonds is 13. The largest absolute Gasteiger partial charge is 0.460 e. The summed E-state index contributed by atoms with van der Waals surface area (Å²) in [5.74, 6) is -88.9. The van der Waals surface area contributed by atoms with Gasteiger partial charge in [0, 0.05) is 6.42 Å². The molecule has 0 spiro atoms. The molecule has 0 aliphatic rings. The highest BCUT2D eigenvalue weighted by Gasteiger charge is 2.91. The van der Waals surface area contributed by atoms with Gasteiger partial charge in [-0.05, 0) is 12.2 Å². The van der Waals surface area contributed by atoms with E-state index in [0.717, 1.165) is 0 Å². The molecule has 0 rings (SSSR count). The normalized spacial score (nSPS) is 16.9. The molecule has 0 atom stereocenters. The van der Waals surface area contributed by atoms with Crippen LogP contribution in [-0.4, -0.2) is 71.3 Å². The number of hydrogen-bond donors (Lipinski definition) is 0. The van der Waals surface area contributed by atoms with E-state index in [4.69, 9.17) is 0 Å². The zero-order valence-electron chi connectivity index (χ0n) is 19.0. The van der Waals surface area contributed by atoms with E-state index >= 15 is 0 Å². The number of halogens is 25. The van der Waals surface area contributed by atoms with Gasteiger partial charge in [0.05, 0.1) is 0 Å². The van der Waals surface area contributed by atoms with Gasteiger partial charge in [0.1, 0.15) is 0 Å². The lowest BCUT2D eigenvalue weighted by atomic mass is 9.89. The minimum Gasteiger partial charge on any atom is -0.200 e. The van der Waals surface area contributed by atoms with Crippen molar-refractivity contribution in [3.05, 3.63) is 12.2 Å². The highest BCUT2D eigenvalue weighted by molar-refractivity contribution is 5.20. The second kappa shape index (κ2) is 10.3.